The molecule has 2 aromatic heterocycles. The van der Waals surface area contributed by atoms with Gasteiger partial charge in [0.05, 0.1) is 0 Å². The Bertz CT molecular complexity index is 1380. The Morgan fingerprint density at radius 2 is 1.12 bits per heavy atom. The summed E-state index contributed by atoms with van der Waals surface area (Å²) in [5.74, 6) is 0.239. The van der Waals surface area contributed by atoms with Crippen LogP contribution in [0.4, 0.5) is 0 Å². The predicted octanol–water partition coefficient (Wildman–Crippen LogP) is 6.65. The lowest BCUT2D eigenvalue weighted by Gasteiger charge is -2.02. The first-order valence-corrected chi connectivity index (χ1v) is 8.59. The molecule has 2 heterocycles. The highest BCUT2D eigenvalue weighted by Gasteiger charge is 2.15. The molecule has 0 spiro atoms. The van der Waals surface area contributed by atoms with Crippen LogP contribution in [0.1, 0.15) is 5.56 Å². The minimum Gasteiger partial charge on any atom is -0.508 e. The van der Waals surface area contributed by atoms with Crippen molar-refractivity contribution in [1.29, 1.82) is 0 Å². The molecule has 0 atom stereocenters. The monoisotopic (exact) mass is 338 g/mol. The van der Waals surface area contributed by atoms with Gasteiger partial charge in [-0.1, -0.05) is 11.6 Å². The minimum absolute atomic E-state index is 0.239. The van der Waals surface area contributed by atoms with Gasteiger partial charge in [0, 0.05) is 21.5 Å². The Labute approximate surface area is 148 Å². The highest BCUT2D eigenvalue weighted by atomic mass is 16.3. The molecule has 0 aliphatic heterocycles. The van der Waals surface area contributed by atoms with Crippen LogP contribution in [0.2, 0.25) is 0 Å². The summed E-state index contributed by atoms with van der Waals surface area (Å²) in [6.45, 7) is 2.09. The molecule has 0 saturated heterocycles. The summed E-state index contributed by atoms with van der Waals surface area (Å²) < 4.78 is 12.0. The van der Waals surface area contributed by atoms with Gasteiger partial charge in [-0.2, -0.15) is 0 Å². The summed E-state index contributed by atoms with van der Waals surface area (Å²) in [7, 11) is 0. The smallest absolute Gasteiger partial charge is 0.136 e. The minimum atomic E-state index is 0.239. The fourth-order valence-electron chi connectivity index (χ4n) is 4.06. The van der Waals surface area contributed by atoms with Crippen LogP contribution >= 0.6 is 0 Å². The van der Waals surface area contributed by atoms with Crippen molar-refractivity contribution in [3.8, 4) is 5.75 Å². The lowest BCUT2D eigenvalue weighted by atomic mass is 9.99. The molecular weight excluding hydrogens is 324 g/mol. The first-order chi connectivity index (χ1) is 12.7. The number of fused-ring (bicyclic) bond motifs is 9. The standard InChI is InChI=1S/C23H14O3/c1-12-2-6-18-16(10-12)22-14-4-9-21-23(15(14)5-8-20(22)25-18)17-11-13(24)3-7-19(17)26-21/h2-11,24H,1H3. The molecule has 6 rings (SSSR count). The van der Waals surface area contributed by atoms with Gasteiger partial charge in [0.2, 0.25) is 0 Å². The lowest BCUT2D eigenvalue weighted by Crippen LogP contribution is -1.77. The van der Waals surface area contributed by atoms with Gasteiger partial charge in [0.1, 0.15) is 28.1 Å². The molecule has 124 valence electrons. The molecule has 0 saturated carbocycles. The van der Waals surface area contributed by atoms with Crippen molar-refractivity contribution in [2.24, 2.45) is 0 Å². The number of aryl methyl sites for hydroxylation is 1. The van der Waals surface area contributed by atoms with Gasteiger partial charge in [0.15, 0.2) is 0 Å². The number of phenolic OH excluding ortho intramolecular Hbond substituents is 1. The van der Waals surface area contributed by atoms with Gasteiger partial charge in [-0.25, -0.2) is 0 Å². The molecule has 3 heteroatoms. The van der Waals surface area contributed by atoms with Crippen molar-refractivity contribution >= 4 is 54.6 Å². The maximum absolute atomic E-state index is 9.93. The molecule has 6 aromatic rings. The molecule has 0 unspecified atom stereocenters. The summed E-state index contributed by atoms with van der Waals surface area (Å²) >= 11 is 0. The van der Waals surface area contributed by atoms with Crippen LogP contribution in [0, 0.1) is 6.92 Å². The zero-order chi connectivity index (χ0) is 17.4. The topological polar surface area (TPSA) is 46.5 Å². The van der Waals surface area contributed by atoms with Crippen LogP contribution < -0.4 is 0 Å². The number of phenols is 1. The van der Waals surface area contributed by atoms with Crippen molar-refractivity contribution in [2.75, 3.05) is 0 Å². The number of benzene rings is 4. The highest BCUT2D eigenvalue weighted by molar-refractivity contribution is 6.27. The number of hydrogen-bond donors (Lipinski definition) is 1. The van der Waals surface area contributed by atoms with Gasteiger partial charge >= 0.3 is 0 Å². The summed E-state index contributed by atoms with van der Waals surface area (Å²) in [4.78, 5) is 0. The van der Waals surface area contributed by atoms with Crippen molar-refractivity contribution in [3.05, 3.63) is 66.2 Å². The van der Waals surface area contributed by atoms with Crippen molar-refractivity contribution in [3.63, 3.8) is 0 Å². The molecule has 26 heavy (non-hydrogen) atoms. The fourth-order valence-corrected chi connectivity index (χ4v) is 4.06. The van der Waals surface area contributed by atoms with E-state index in [4.69, 9.17) is 8.83 Å². The SMILES string of the molecule is Cc1ccc2oc3ccc4c(ccc5oc6ccc(O)cc6c54)c3c2c1. The third kappa shape index (κ3) is 1.67. The van der Waals surface area contributed by atoms with E-state index in [2.05, 4.69) is 31.2 Å². The second-order valence-electron chi connectivity index (χ2n) is 6.86. The summed E-state index contributed by atoms with van der Waals surface area (Å²) in [5.41, 5.74) is 4.58. The van der Waals surface area contributed by atoms with Gasteiger partial charge in [0.25, 0.3) is 0 Å². The van der Waals surface area contributed by atoms with Gasteiger partial charge in [-0.05, 0) is 72.3 Å². The Hall–Kier alpha value is -3.46. The van der Waals surface area contributed by atoms with Crippen molar-refractivity contribution in [1.82, 2.24) is 0 Å². The number of rotatable bonds is 0. The molecule has 0 aliphatic carbocycles. The summed E-state index contributed by atoms with van der Waals surface area (Å²) in [5, 5.41) is 16.4. The highest BCUT2D eigenvalue weighted by Crippen LogP contribution is 2.41. The average molecular weight is 338 g/mol. The molecule has 0 radical (unpaired) electrons. The van der Waals surface area contributed by atoms with E-state index in [1.54, 1.807) is 12.1 Å². The van der Waals surface area contributed by atoms with E-state index < -0.39 is 0 Å². The first-order valence-electron chi connectivity index (χ1n) is 8.59. The first kappa shape index (κ1) is 13.8. The van der Waals surface area contributed by atoms with E-state index >= 15 is 0 Å². The van der Waals surface area contributed by atoms with Crippen molar-refractivity contribution < 1.29 is 13.9 Å². The fraction of sp³-hybridized carbons (Fsp3) is 0.0435. The quantitative estimate of drug-likeness (QED) is 0.337. The predicted molar refractivity (Wildman–Crippen MR) is 105 cm³/mol. The zero-order valence-corrected chi connectivity index (χ0v) is 14.0. The van der Waals surface area contributed by atoms with E-state index in [0.717, 1.165) is 54.6 Å². The Morgan fingerprint density at radius 3 is 1.77 bits per heavy atom. The Balaban J connectivity index is 1.90. The third-order valence-corrected chi connectivity index (χ3v) is 5.20. The normalized spacial score (nSPS) is 12.2. The lowest BCUT2D eigenvalue weighted by molar-refractivity contribution is 0.476. The molecule has 3 nitrogen and oxygen atoms in total. The molecule has 0 amide bonds. The van der Waals surface area contributed by atoms with E-state index in [9.17, 15) is 5.11 Å². The van der Waals surface area contributed by atoms with E-state index in [-0.39, 0.29) is 5.75 Å². The molecule has 4 aromatic carbocycles. The number of furan rings is 2. The van der Waals surface area contributed by atoms with E-state index in [0.29, 0.717) is 0 Å². The molecular formula is C23H14O3. The van der Waals surface area contributed by atoms with Gasteiger partial charge in [-0.15, -0.1) is 0 Å². The van der Waals surface area contributed by atoms with Crippen molar-refractivity contribution in [2.45, 2.75) is 6.92 Å². The van der Waals surface area contributed by atoms with Gasteiger partial charge in [-0.3, -0.25) is 0 Å². The second kappa shape index (κ2) is 4.58. The number of aromatic hydroxyl groups is 1. The van der Waals surface area contributed by atoms with Crippen LogP contribution in [0.15, 0.2) is 69.5 Å². The maximum atomic E-state index is 9.93. The Morgan fingerprint density at radius 1 is 0.577 bits per heavy atom. The molecule has 0 aliphatic rings. The third-order valence-electron chi connectivity index (χ3n) is 5.20. The Kier molecular flexibility index (Phi) is 2.43. The average Bonchev–Trinajstić information content (AvgIpc) is 3.19. The zero-order valence-electron chi connectivity index (χ0n) is 14.0. The maximum Gasteiger partial charge on any atom is 0.136 e. The number of hydrogen-bond acceptors (Lipinski definition) is 3. The van der Waals surface area contributed by atoms with Gasteiger partial charge < -0.3 is 13.9 Å². The van der Waals surface area contributed by atoms with Crippen LogP contribution in [0.3, 0.4) is 0 Å². The molecule has 1 N–H and O–H groups in total. The molecule has 0 bridgehead atoms. The van der Waals surface area contributed by atoms with Crippen LogP contribution in [-0.4, -0.2) is 5.11 Å². The van der Waals surface area contributed by atoms with Crippen LogP contribution in [0.25, 0.3) is 54.6 Å². The largest absolute Gasteiger partial charge is 0.508 e. The van der Waals surface area contributed by atoms with E-state index in [1.807, 2.05) is 24.3 Å². The van der Waals surface area contributed by atoms with Crippen LogP contribution in [0.5, 0.6) is 5.75 Å². The van der Waals surface area contributed by atoms with Crippen LogP contribution in [-0.2, 0) is 0 Å². The van der Waals surface area contributed by atoms with E-state index in [1.165, 1.54) is 5.56 Å². The summed E-state index contributed by atoms with van der Waals surface area (Å²) in [6, 6.07) is 19.7. The second-order valence-corrected chi connectivity index (χ2v) is 6.86. The molecule has 0 fully saturated rings. The summed E-state index contributed by atoms with van der Waals surface area (Å²) in [6.07, 6.45) is 0.